The van der Waals surface area contributed by atoms with Crippen LogP contribution in [-0.4, -0.2) is 41.1 Å². The summed E-state index contributed by atoms with van der Waals surface area (Å²) in [5.74, 6) is -0.155. The van der Waals surface area contributed by atoms with Crippen molar-refractivity contribution >= 4 is 6.09 Å². The molecule has 2 aromatic carbocycles. The van der Waals surface area contributed by atoms with E-state index in [9.17, 15) is 9.18 Å². The van der Waals surface area contributed by atoms with Crippen LogP contribution in [0.5, 0.6) is 0 Å². The topological polar surface area (TPSA) is 32.8 Å². The van der Waals surface area contributed by atoms with Crippen LogP contribution >= 0.6 is 0 Å². The molecule has 27 heavy (non-hydrogen) atoms. The predicted octanol–water partition coefficient (Wildman–Crippen LogP) is 4.20. The first-order valence-corrected chi connectivity index (χ1v) is 9.61. The Kier molecular flexibility index (Phi) is 5.12. The molecule has 0 bridgehead atoms. The summed E-state index contributed by atoms with van der Waals surface area (Å²) in [7, 11) is 0. The number of carbonyl (C=O) groups is 1. The first kappa shape index (κ1) is 18.0. The smallest absolute Gasteiger partial charge is 0.410 e. The van der Waals surface area contributed by atoms with Gasteiger partial charge in [-0.05, 0) is 31.0 Å². The number of amides is 1. The number of hydrogen-bond acceptors (Lipinski definition) is 3. The van der Waals surface area contributed by atoms with Crippen LogP contribution in [0.2, 0.25) is 0 Å². The highest BCUT2D eigenvalue weighted by Crippen LogP contribution is 2.34. The molecule has 1 atom stereocenters. The molecule has 0 aromatic heterocycles. The van der Waals surface area contributed by atoms with E-state index >= 15 is 0 Å². The molecule has 142 valence electrons. The van der Waals surface area contributed by atoms with Gasteiger partial charge in [0.2, 0.25) is 0 Å². The summed E-state index contributed by atoms with van der Waals surface area (Å²) in [5, 5.41) is 0. The van der Waals surface area contributed by atoms with Crippen LogP contribution < -0.4 is 0 Å². The van der Waals surface area contributed by atoms with Crippen molar-refractivity contribution in [2.45, 2.75) is 38.0 Å². The van der Waals surface area contributed by atoms with Crippen LogP contribution in [0.4, 0.5) is 9.18 Å². The molecular weight excluding hydrogens is 343 g/mol. The third kappa shape index (κ3) is 4.14. The third-order valence-corrected chi connectivity index (χ3v) is 5.60. The summed E-state index contributed by atoms with van der Waals surface area (Å²) >= 11 is 0. The van der Waals surface area contributed by atoms with Crippen molar-refractivity contribution in [2.75, 3.05) is 19.6 Å². The normalized spacial score (nSPS) is 23.4. The number of carbonyl (C=O) groups excluding carboxylic acids is 1. The van der Waals surface area contributed by atoms with Crippen molar-refractivity contribution < 1.29 is 13.9 Å². The monoisotopic (exact) mass is 368 g/mol. The average Bonchev–Trinajstić information content (AvgIpc) is 2.84. The average molecular weight is 368 g/mol. The number of rotatable bonds is 4. The molecule has 1 amide bonds. The van der Waals surface area contributed by atoms with Crippen molar-refractivity contribution in [1.82, 2.24) is 9.80 Å². The van der Waals surface area contributed by atoms with Crippen LogP contribution in [0.3, 0.4) is 0 Å². The zero-order valence-corrected chi connectivity index (χ0v) is 15.4. The largest absolute Gasteiger partial charge is 0.441 e. The number of benzene rings is 2. The van der Waals surface area contributed by atoms with Crippen LogP contribution in [0.15, 0.2) is 54.6 Å². The Hall–Kier alpha value is -2.40. The van der Waals surface area contributed by atoms with Gasteiger partial charge >= 0.3 is 6.09 Å². The fraction of sp³-hybridized carbons (Fsp3) is 0.409. The summed E-state index contributed by atoms with van der Waals surface area (Å²) in [6.45, 7) is 3.52. The Morgan fingerprint density at radius 2 is 1.74 bits per heavy atom. The summed E-state index contributed by atoms with van der Waals surface area (Å²) < 4.78 is 19.8. The second-order valence-electron chi connectivity index (χ2n) is 7.61. The van der Waals surface area contributed by atoms with Gasteiger partial charge in [0.05, 0.1) is 6.54 Å². The lowest BCUT2D eigenvalue weighted by Gasteiger charge is -2.25. The van der Waals surface area contributed by atoms with Gasteiger partial charge in [-0.2, -0.15) is 0 Å². The van der Waals surface area contributed by atoms with Crippen LogP contribution in [-0.2, 0) is 17.8 Å². The van der Waals surface area contributed by atoms with E-state index in [0.717, 1.165) is 43.5 Å². The highest BCUT2D eigenvalue weighted by Gasteiger charge is 2.45. The zero-order chi connectivity index (χ0) is 18.7. The fourth-order valence-corrected chi connectivity index (χ4v) is 4.13. The second kappa shape index (κ2) is 7.69. The van der Waals surface area contributed by atoms with E-state index in [1.165, 1.54) is 6.07 Å². The Bertz CT molecular complexity index is 798. The molecule has 5 heteroatoms. The molecule has 0 saturated carbocycles. The van der Waals surface area contributed by atoms with Gasteiger partial charge in [0.15, 0.2) is 0 Å². The number of hydrogen-bond donors (Lipinski definition) is 0. The Balaban J connectivity index is 1.39. The quantitative estimate of drug-likeness (QED) is 0.811. The van der Waals surface area contributed by atoms with Gasteiger partial charge in [0, 0.05) is 31.6 Å². The lowest BCUT2D eigenvalue weighted by Crippen LogP contribution is -2.35. The molecule has 4 nitrogen and oxygen atoms in total. The Morgan fingerprint density at radius 1 is 0.963 bits per heavy atom. The SMILES string of the molecule is O=C1OC2(CCCN(Cc3ccccc3F)CC2)CN1Cc1ccccc1. The van der Waals surface area contributed by atoms with E-state index in [4.69, 9.17) is 4.74 Å². The zero-order valence-electron chi connectivity index (χ0n) is 15.4. The molecule has 2 aliphatic rings. The molecule has 2 fully saturated rings. The van der Waals surface area contributed by atoms with Crippen molar-refractivity contribution in [2.24, 2.45) is 0 Å². The molecule has 2 aromatic rings. The lowest BCUT2D eigenvalue weighted by molar-refractivity contribution is 0.0443. The summed E-state index contributed by atoms with van der Waals surface area (Å²) in [4.78, 5) is 16.5. The summed E-state index contributed by atoms with van der Waals surface area (Å²) in [6, 6.07) is 16.9. The third-order valence-electron chi connectivity index (χ3n) is 5.60. The Morgan fingerprint density at radius 3 is 2.56 bits per heavy atom. The van der Waals surface area contributed by atoms with Crippen molar-refractivity contribution in [3.63, 3.8) is 0 Å². The number of nitrogens with zero attached hydrogens (tertiary/aromatic N) is 2. The number of likely N-dealkylation sites (tertiary alicyclic amines) is 1. The van der Waals surface area contributed by atoms with E-state index in [-0.39, 0.29) is 11.9 Å². The molecule has 0 radical (unpaired) electrons. The van der Waals surface area contributed by atoms with Gasteiger partial charge in [0.1, 0.15) is 11.4 Å². The van der Waals surface area contributed by atoms with E-state index in [1.54, 1.807) is 6.07 Å². The van der Waals surface area contributed by atoms with Crippen molar-refractivity contribution in [3.05, 3.63) is 71.5 Å². The van der Waals surface area contributed by atoms with Gasteiger partial charge in [-0.1, -0.05) is 48.5 Å². The lowest BCUT2D eigenvalue weighted by atomic mass is 9.95. The maximum atomic E-state index is 13.9. The second-order valence-corrected chi connectivity index (χ2v) is 7.61. The van der Waals surface area contributed by atoms with E-state index < -0.39 is 5.60 Å². The minimum absolute atomic E-state index is 0.155. The molecule has 4 rings (SSSR count). The van der Waals surface area contributed by atoms with E-state index in [1.807, 2.05) is 47.4 Å². The van der Waals surface area contributed by atoms with Crippen molar-refractivity contribution in [3.8, 4) is 0 Å². The van der Waals surface area contributed by atoms with Crippen LogP contribution in [0, 0.1) is 5.82 Å². The highest BCUT2D eigenvalue weighted by atomic mass is 19.1. The minimum Gasteiger partial charge on any atom is -0.441 e. The summed E-state index contributed by atoms with van der Waals surface area (Å²) in [5.41, 5.74) is 1.43. The molecule has 2 heterocycles. The maximum absolute atomic E-state index is 13.9. The first-order valence-electron chi connectivity index (χ1n) is 9.61. The van der Waals surface area contributed by atoms with Crippen LogP contribution in [0.25, 0.3) is 0 Å². The fourth-order valence-electron chi connectivity index (χ4n) is 4.13. The van der Waals surface area contributed by atoms with E-state index in [0.29, 0.717) is 19.6 Å². The van der Waals surface area contributed by atoms with Gasteiger partial charge in [-0.25, -0.2) is 9.18 Å². The van der Waals surface area contributed by atoms with Crippen LogP contribution in [0.1, 0.15) is 30.4 Å². The van der Waals surface area contributed by atoms with Gasteiger partial charge in [0.25, 0.3) is 0 Å². The highest BCUT2D eigenvalue weighted by molar-refractivity contribution is 5.70. The molecular formula is C22H25FN2O2. The molecule has 0 N–H and O–H groups in total. The maximum Gasteiger partial charge on any atom is 0.410 e. The molecule has 2 saturated heterocycles. The standard InChI is InChI=1S/C22H25FN2O2/c23-20-10-5-4-9-19(20)16-24-13-6-11-22(12-14-24)17-25(21(26)27-22)15-18-7-2-1-3-8-18/h1-5,7-10H,6,11-17H2. The minimum atomic E-state index is -0.407. The van der Waals surface area contributed by atoms with E-state index in [2.05, 4.69) is 4.90 Å². The summed E-state index contributed by atoms with van der Waals surface area (Å²) in [6.07, 6.45) is 2.37. The molecule has 1 spiro atoms. The predicted molar refractivity (Wildman–Crippen MR) is 102 cm³/mol. The molecule has 1 unspecified atom stereocenters. The van der Waals surface area contributed by atoms with Gasteiger partial charge in [-0.3, -0.25) is 9.80 Å². The number of ether oxygens (including phenoxy) is 1. The first-order chi connectivity index (χ1) is 13.1. The molecule has 0 aliphatic carbocycles. The van der Waals surface area contributed by atoms with Gasteiger partial charge in [-0.15, -0.1) is 0 Å². The van der Waals surface area contributed by atoms with Crippen molar-refractivity contribution in [1.29, 1.82) is 0 Å². The number of halogens is 1. The molecule has 2 aliphatic heterocycles. The Labute approximate surface area is 159 Å². The van der Waals surface area contributed by atoms with Gasteiger partial charge < -0.3 is 4.74 Å².